The Bertz CT molecular complexity index is 162. The average molecular weight is 214 g/mol. The normalized spacial score (nSPS) is 25.4. The highest BCUT2D eigenvalue weighted by atomic mass is 16.5. The van der Waals surface area contributed by atoms with Gasteiger partial charge in [0.15, 0.2) is 0 Å². The van der Waals surface area contributed by atoms with Crippen LogP contribution in [0.3, 0.4) is 0 Å². The SMILES string of the molecule is CCCC(CN)N1CCCC(OCC)C1. The van der Waals surface area contributed by atoms with Crippen LogP contribution in [0.4, 0.5) is 0 Å². The molecule has 3 heteroatoms. The molecule has 0 aromatic heterocycles. The summed E-state index contributed by atoms with van der Waals surface area (Å²) in [5.74, 6) is 0. The van der Waals surface area contributed by atoms with Crippen molar-refractivity contribution in [2.75, 3.05) is 26.2 Å². The van der Waals surface area contributed by atoms with Crippen molar-refractivity contribution in [2.24, 2.45) is 5.73 Å². The van der Waals surface area contributed by atoms with E-state index in [1.807, 2.05) is 0 Å². The molecule has 1 aliphatic rings. The summed E-state index contributed by atoms with van der Waals surface area (Å²) in [6.45, 7) is 8.20. The molecular formula is C12H26N2O. The lowest BCUT2D eigenvalue weighted by atomic mass is 10.0. The molecule has 1 saturated heterocycles. The Balaban J connectivity index is 2.39. The fourth-order valence-electron chi connectivity index (χ4n) is 2.45. The van der Waals surface area contributed by atoms with E-state index in [1.165, 1.54) is 32.2 Å². The van der Waals surface area contributed by atoms with Crippen molar-refractivity contribution in [3.8, 4) is 0 Å². The summed E-state index contributed by atoms with van der Waals surface area (Å²) in [4.78, 5) is 2.52. The summed E-state index contributed by atoms with van der Waals surface area (Å²) in [6.07, 6.45) is 5.35. The topological polar surface area (TPSA) is 38.5 Å². The van der Waals surface area contributed by atoms with Gasteiger partial charge in [-0.2, -0.15) is 0 Å². The minimum absolute atomic E-state index is 0.439. The van der Waals surface area contributed by atoms with E-state index < -0.39 is 0 Å². The van der Waals surface area contributed by atoms with E-state index in [0.29, 0.717) is 12.1 Å². The number of hydrogen-bond donors (Lipinski definition) is 1. The number of likely N-dealkylation sites (tertiary alicyclic amines) is 1. The number of nitrogens with two attached hydrogens (primary N) is 1. The van der Waals surface area contributed by atoms with Crippen LogP contribution < -0.4 is 5.73 Å². The van der Waals surface area contributed by atoms with Gasteiger partial charge in [0.1, 0.15) is 0 Å². The molecule has 3 nitrogen and oxygen atoms in total. The van der Waals surface area contributed by atoms with Crippen LogP contribution in [-0.2, 0) is 4.74 Å². The number of rotatable bonds is 6. The Morgan fingerprint density at radius 2 is 2.27 bits per heavy atom. The Hall–Kier alpha value is -0.120. The van der Waals surface area contributed by atoms with Gasteiger partial charge < -0.3 is 10.5 Å². The lowest BCUT2D eigenvalue weighted by Gasteiger charge is -2.37. The van der Waals surface area contributed by atoms with Crippen molar-refractivity contribution in [1.82, 2.24) is 4.90 Å². The highest BCUT2D eigenvalue weighted by Gasteiger charge is 2.24. The zero-order valence-corrected chi connectivity index (χ0v) is 10.2. The third-order valence-corrected chi connectivity index (χ3v) is 3.22. The van der Waals surface area contributed by atoms with E-state index in [0.717, 1.165) is 19.7 Å². The summed E-state index contributed by atoms with van der Waals surface area (Å²) in [6, 6.07) is 0.568. The Kier molecular flexibility index (Phi) is 6.22. The predicted molar refractivity (Wildman–Crippen MR) is 64.0 cm³/mol. The van der Waals surface area contributed by atoms with Crippen LogP contribution in [0.1, 0.15) is 39.5 Å². The molecule has 0 bridgehead atoms. The minimum Gasteiger partial charge on any atom is -0.377 e. The van der Waals surface area contributed by atoms with Gasteiger partial charge in [-0.25, -0.2) is 0 Å². The van der Waals surface area contributed by atoms with Gasteiger partial charge in [-0.15, -0.1) is 0 Å². The molecule has 1 fully saturated rings. The largest absolute Gasteiger partial charge is 0.377 e. The van der Waals surface area contributed by atoms with Crippen LogP contribution in [0.15, 0.2) is 0 Å². The molecule has 0 aromatic rings. The molecule has 2 unspecified atom stereocenters. The van der Waals surface area contributed by atoms with Crippen LogP contribution in [-0.4, -0.2) is 43.3 Å². The second-order valence-corrected chi connectivity index (χ2v) is 4.39. The van der Waals surface area contributed by atoms with Crippen molar-refractivity contribution < 1.29 is 4.74 Å². The van der Waals surface area contributed by atoms with Crippen LogP contribution in [0, 0.1) is 0 Å². The van der Waals surface area contributed by atoms with E-state index in [-0.39, 0.29) is 0 Å². The van der Waals surface area contributed by atoms with E-state index in [2.05, 4.69) is 18.7 Å². The Morgan fingerprint density at radius 1 is 1.47 bits per heavy atom. The molecule has 1 rings (SSSR count). The smallest absolute Gasteiger partial charge is 0.0702 e. The fourth-order valence-corrected chi connectivity index (χ4v) is 2.45. The second-order valence-electron chi connectivity index (χ2n) is 4.39. The third-order valence-electron chi connectivity index (χ3n) is 3.22. The van der Waals surface area contributed by atoms with Gasteiger partial charge in [-0.3, -0.25) is 4.90 Å². The molecule has 0 aromatic carbocycles. The average Bonchev–Trinajstić information content (AvgIpc) is 2.27. The summed E-state index contributed by atoms with van der Waals surface area (Å²) in [7, 11) is 0. The molecule has 0 radical (unpaired) electrons. The molecule has 1 heterocycles. The zero-order chi connectivity index (χ0) is 11.1. The molecule has 1 aliphatic heterocycles. The monoisotopic (exact) mass is 214 g/mol. The molecule has 0 aliphatic carbocycles. The standard InChI is InChI=1S/C12H26N2O/c1-3-6-11(9-13)14-8-5-7-12(10-14)15-4-2/h11-12H,3-10,13H2,1-2H3. The van der Waals surface area contributed by atoms with E-state index in [4.69, 9.17) is 10.5 Å². The van der Waals surface area contributed by atoms with E-state index in [1.54, 1.807) is 0 Å². The minimum atomic E-state index is 0.439. The molecule has 0 amide bonds. The number of hydrogen-bond acceptors (Lipinski definition) is 3. The zero-order valence-electron chi connectivity index (χ0n) is 10.2. The summed E-state index contributed by atoms with van der Waals surface area (Å²) in [5, 5.41) is 0. The molecule has 0 spiro atoms. The molecule has 2 N–H and O–H groups in total. The fraction of sp³-hybridized carbons (Fsp3) is 1.00. The number of nitrogens with zero attached hydrogens (tertiary/aromatic N) is 1. The van der Waals surface area contributed by atoms with Crippen molar-refractivity contribution >= 4 is 0 Å². The maximum absolute atomic E-state index is 5.83. The molecule has 0 saturated carbocycles. The van der Waals surface area contributed by atoms with Gasteiger partial charge in [0, 0.05) is 25.7 Å². The molecule has 2 atom stereocenters. The second kappa shape index (κ2) is 7.20. The van der Waals surface area contributed by atoms with Crippen LogP contribution in [0.5, 0.6) is 0 Å². The number of piperidine rings is 1. The van der Waals surface area contributed by atoms with Crippen LogP contribution in [0.25, 0.3) is 0 Å². The first-order valence-electron chi connectivity index (χ1n) is 6.37. The highest BCUT2D eigenvalue weighted by molar-refractivity contribution is 4.80. The van der Waals surface area contributed by atoms with Gasteiger partial charge >= 0.3 is 0 Å². The van der Waals surface area contributed by atoms with Gasteiger partial charge in [-0.1, -0.05) is 13.3 Å². The number of ether oxygens (including phenoxy) is 1. The van der Waals surface area contributed by atoms with E-state index >= 15 is 0 Å². The van der Waals surface area contributed by atoms with Crippen molar-refractivity contribution in [2.45, 2.75) is 51.7 Å². The van der Waals surface area contributed by atoms with Gasteiger partial charge in [0.05, 0.1) is 6.10 Å². The lowest BCUT2D eigenvalue weighted by molar-refractivity contribution is -0.00733. The van der Waals surface area contributed by atoms with Crippen LogP contribution >= 0.6 is 0 Å². The maximum Gasteiger partial charge on any atom is 0.0702 e. The maximum atomic E-state index is 5.83. The molecule has 90 valence electrons. The van der Waals surface area contributed by atoms with E-state index in [9.17, 15) is 0 Å². The predicted octanol–water partition coefficient (Wildman–Crippen LogP) is 1.61. The lowest BCUT2D eigenvalue weighted by Crippen LogP contribution is -2.48. The first kappa shape index (κ1) is 12.9. The van der Waals surface area contributed by atoms with Crippen molar-refractivity contribution in [3.63, 3.8) is 0 Å². The van der Waals surface area contributed by atoms with Crippen molar-refractivity contribution in [1.29, 1.82) is 0 Å². The highest BCUT2D eigenvalue weighted by Crippen LogP contribution is 2.17. The Labute approximate surface area is 94.0 Å². The first-order valence-corrected chi connectivity index (χ1v) is 6.37. The molecule has 15 heavy (non-hydrogen) atoms. The summed E-state index contributed by atoms with van der Waals surface area (Å²) in [5.41, 5.74) is 5.83. The first-order chi connectivity index (χ1) is 7.31. The third kappa shape index (κ3) is 4.09. The quantitative estimate of drug-likeness (QED) is 0.730. The molecular weight excluding hydrogens is 188 g/mol. The van der Waals surface area contributed by atoms with Gasteiger partial charge in [0.2, 0.25) is 0 Å². The van der Waals surface area contributed by atoms with Gasteiger partial charge in [-0.05, 0) is 32.7 Å². The van der Waals surface area contributed by atoms with Crippen molar-refractivity contribution in [3.05, 3.63) is 0 Å². The van der Waals surface area contributed by atoms with Gasteiger partial charge in [0.25, 0.3) is 0 Å². The van der Waals surface area contributed by atoms with Crippen LogP contribution in [0.2, 0.25) is 0 Å². The summed E-state index contributed by atoms with van der Waals surface area (Å²) >= 11 is 0. The summed E-state index contributed by atoms with van der Waals surface area (Å²) < 4.78 is 5.70. The Morgan fingerprint density at radius 3 is 2.87 bits per heavy atom.